The van der Waals surface area contributed by atoms with Crippen molar-refractivity contribution in [2.45, 2.75) is 13.8 Å². The van der Waals surface area contributed by atoms with Gasteiger partial charge in [-0.05, 0) is 49.7 Å². The second kappa shape index (κ2) is 9.49. The lowest BCUT2D eigenvalue weighted by atomic mass is 10.1. The van der Waals surface area contributed by atoms with Gasteiger partial charge in [0.1, 0.15) is 5.82 Å². The van der Waals surface area contributed by atoms with E-state index < -0.39 is 11.9 Å². The van der Waals surface area contributed by atoms with Crippen molar-refractivity contribution in [2.24, 2.45) is 0 Å². The molecular weight excluding hydrogens is 387 g/mol. The molecule has 0 radical (unpaired) electrons. The van der Waals surface area contributed by atoms with Crippen LogP contribution in [0, 0.1) is 19.7 Å². The van der Waals surface area contributed by atoms with Gasteiger partial charge in [0.05, 0.1) is 6.54 Å². The van der Waals surface area contributed by atoms with Crippen LogP contribution >= 0.6 is 0 Å². The Morgan fingerprint density at radius 3 is 2.27 bits per heavy atom. The molecule has 0 aliphatic carbocycles. The van der Waals surface area contributed by atoms with Crippen LogP contribution < -0.4 is 10.6 Å². The van der Waals surface area contributed by atoms with E-state index in [-0.39, 0.29) is 18.3 Å². The lowest BCUT2D eigenvalue weighted by Gasteiger charge is -2.34. The second-order valence-corrected chi connectivity index (χ2v) is 7.40. The highest BCUT2D eigenvalue weighted by Gasteiger charge is 2.23. The summed E-state index contributed by atoms with van der Waals surface area (Å²) in [6.45, 7) is 5.86. The Balaban J connectivity index is 1.44. The molecule has 2 aromatic carbocycles. The summed E-state index contributed by atoms with van der Waals surface area (Å²) in [5, 5.41) is 5.02. The van der Waals surface area contributed by atoms with Gasteiger partial charge >= 0.3 is 6.03 Å². The summed E-state index contributed by atoms with van der Waals surface area (Å²) in [6.07, 6.45) is 0. The predicted octanol–water partition coefficient (Wildman–Crippen LogP) is 2.55. The highest BCUT2D eigenvalue weighted by molar-refractivity contribution is 6.02. The molecule has 2 N–H and O–H groups in total. The van der Waals surface area contributed by atoms with Crippen molar-refractivity contribution in [3.63, 3.8) is 0 Å². The number of aryl methyl sites for hydroxylation is 2. The smallest absolute Gasteiger partial charge is 0.325 e. The molecule has 158 valence electrons. The topological polar surface area (TPSA) is 81.8 Å². The van der Waals surface area contributed by atoms with Crippen LogP contribution in [0.25, 0.3) is 0 Å². The number of imide groups is 1. The monoisotopic (exact) mass is 412 g/mol. The number of hydrogen-bond acceptors (Lipinski definition) is 4. The van der Waals surface area contributed by atoms with E-state index in [9.17, 15) is 18.8 Å². The maximum Gasteiger partial charge on any atom is 0.325 e. The minimum absolute atomic E-state index is 0.0683. The van der Waals surface area contributed by atoms with E-state index >= 15 is 0 Å². The Bertz CT molecular complexity index is 938. The molecule has 30 heavy (non-hydrogen) atoms. The molecule has 2 aromatic rings. The highest BCUT2D eigenvalue weighted by atomic mass is 19.1. The molecule has 3 rings (SSSR count). The number of amides is 4. The van der Waals surface area contributed by atoms with Crippen molar-refractivity contribution in [1.82, 2.24) is 15.1 Å². The van der Waals surface area contributed by atoms with Crippen LogP contribution in [0.5, 0.6) is 0 Å². The summed E-state index contributed by atoms with van der Waals surface area (Å²) in [5.41, 5.74) is 3.09. The first-order valence-corrected chi connectivity index (χ1v) is 9.77. The number of piperazine rings is 1. The van der Waals surface area contributed by atoms with Crippen LogP contribution in [0.4, 0.5) is 14.9 Å². The number of anilines is 1. The normalized spacial score (nSPS) is 14.3. The van der Waals surface area contributed by atoms with Gasteiger partial charge in [-0.3, -0.25) is 19.8 Å². The average Bonchev–Trinajstić information content (AvgIpc) is 2.70. The predicted molar refractivity (Wildman–Crippen MR) is 112 cm³/mol. The zero-order chi connectivity index (χ0) is 21.7. The van der Waals surface area contributed by atoms with Gasteiger partial charge in [0.15, 0.2) is 0 Å². The Hall–Kier alpha value is -3.26. The van der Waals surface area contributed by atoms with Gasteiger partial charge in [-0.2, -0.15) is 0 Å². The van der Waals surface area contributed by atoms with Crippen molar-refractivity contribution in [3.05, 3.63) is 65.0 Å². The molecule has 1 heterocycles. The van der Waals surface area contributed by atoms with E-state index in [0.717, 1.165) is 11.1 Å². The number of halogens is 1. The molecule has 0 atom stereocenters. The number of carbonyl (C=O) groups is 3. The van der Waals surface area contributed by atoms with Crippen molar-refractivity contribution >= 4 is 23.5 Å². The lowest BCUT2D eigenvalue weighted by Crippen LogP contribution is -2.51. The van der Waals surface area contributed by atoms with Crippen LogP contribution in [0.2, 0.25) is 0 Å². The summed E-state index contributed by atoms with van der Waals surface area (Å²) >= 11 is 0. The van der Waals surface area contributed by atoms with E-state index in [1.54, 1.807) is 11.0 Å². The fraction of sp³-hybridized carbons (Fsp3) is 0.318. The molecule has 1 fully saturated rings. The quantitative estimate of drug-likeness (QED) is 0.809. The van der Waals surface area contributed by atoms with E-state index in [1.807, 2.05) is 30.9 Å². The summed E-state index contributed by atoms with van der Waals surface area (Å²) in [5.74, 6) is -0.952. The number of carbonyl (C=O) groups excluding carboxylic acids is 3. The zero-order valence-electron chi connectivity index (χ0n) is 17.1. The third kappa shape index (κ3) is 5.64. The van der Waals surface area contributed by atoms with Crippen LogP contribution in [-0.2, 0) is 4.79 Å². The molecule has 7 nitrogen and oxygen atoms in total. The molecule has 0 unspecified atom stereocenters. The minimum atomic E-state index is -0.572. The van der Waals surface area contributed by atoms with Gasteiger partial charge in [-0.15, -0.1) is 0 Å². The van der Waals surface area contributed by atoms with Gasteiger partial charge in [-0.1, -0.05) is 17.7 Å². The van der Waals surface area contributed by atoms with E-state index in [0.29, 0.717) is 37.4 Å². The van der Waals surface area contributed by atoms with Crippen LogP contribution in [0.1, 0.15) is 21.5 Å². The summed E-state index contributed by atoms with van der Waals surface area (Å²) in [4.78, 5) is 40.3. The molecule has 1 aliphatic rings. The number of nitrogens with zero attached hydrogens (tertiary/aromatic N) is 2. The third-order valence-corrected chi connectivity index (χ3v) is 5.00. The molecule has 0 saturated carbocycles. The highest BCUT2D eigenvalue weighted by Crippen LogP contribution is 2.15. The number of rotatable bonds is 4. The van der Waals surface area contributed by atoms with Crippen molar-refractivity contribution in [3.8, 4) is 0 Å². The Morgan fingerprint density at radius 1 is 0.967 bits per heavy atom. The molecule has 8 heteroatoms. The fourth-order valence-electron chi connectivity index (χ4n) is 3.36. The molecule has 0 bridgehead atoms. The molecule has 0 spiro atoms. The van der Waals surface area contributed by atoms with Crippen LogP contribution in [-0.4, -0.2) is 60.4 Å². The number of nitrogens with one attached hydrogen (secondary N) is 2. The SMILES string of the molecule is Cc1ccc(NC(=O)NC(=O)CN2CCN(C(=O)c3ccc(F)cc3)CC2)c(C)c1. The van der Waals surface area contributed by atoms with Gasteiger partial charge in [0.25, 0.3) is 5.91 Å². The first-order chi connectivity index (χ1) is 14.3. The van der Waals surface area contributed by atoms with Gasteiger partial charge < -0.3 is 10.2 Å². The number of benzene rings is 2. The summed E-state index contributed by atoms with van der Waals surface area (Å²) < 4.78 is 13.0. The van der Waals surface area contributed by atoms with Gasteiger partial charge in [0, 0.05) is 37.4 Å². The zero-order valence-corrected chi connectivity index (χ0v) is 17.1. The fourth-order valence-corrected chi connectivity index (χ4v) is 3.36. The maximum absolute atomic E-state index is 13.0. The molecule has 1 saturated heterocycles. The molecule has 4 amide bonds. The van der Waals surface area contributed by atoms with E-state index in [1.165, 1.54) is 24.3 Å². The summed E-state index contributed by atoms with van der Waals surface area (Å²) in [6, 6.07) is 10.5. The minimum Gasteiger partial charge on any atom is -0.336 e. The van der Waals surface area contributed by atoms with Crippen molar-refractivity contribution in [2.75, 3.05) is 38.0 Å². The summed E-state index contributed by atoms with van der Waals surface area (Å²) in [7, 11) is 0. The van der Waals surface area contributed by atoms with E-state index in [2.05, 4.69) is 10.6 Å². The molecular formula is C22H25FN4O3. The number of urea groups is 1. The second-order valence-electron chi connectivity index (χ2n) is 7.40. The Morgan fingerprint density at radius 2 is 1.63 bits per heavy atom. The van der Waals surface area contributed by atoms with Crippen molar-refractivity contribution in [1.29, 1.82) is 0 Å². The van der Waals surface area contributed by atoms with Gasteiger partial charge in [-0.25, -0.2) is 9.18 Å². The Kier molecular flexibility index (Phi) is 6.79. The Labute approximate surface area is 174 Å². The third-order valence-electron chi connectivity index (χ3n) is 5.00. The van der Waals surface area contributed by atoms with Crippen LogP contribution in [0.15, 0.2) is 42.5 Å². The standard InChI is InChI=1S/C22H25FN4O3/c1-15-3-8-19(16(2)13-15)24-22(30)25-20(28)14-26-9-11-27(12-10-26)21(29)17-4-6-18(23)7-5-17/h3-8,13H,9-12,14H2,1-2H3,(H2,24,25,28,30). The first kappa shape index (κ1) is 21.4. The maximum atomic E-state index is 13.0. The first-order valence-electron chi connectivity index (χ1n) is 9.77. The largest absolute Gasteiger partial charge is 0.336 e. The lowest BCUT2D eigenvalue weighted by molar-refractivity contribution is -0.121. The molecule has 1 aliphatic heterocycles. The van der Waals surface area contributed by atoms with Crippen molar-refractivity contribution < 1.29 is 18.8 Å². The van der Waals surface area contributed by atoms with Crippen LogP contribution in [0.3, 0.4) is 0 Å². The van der Waals surface area contributed by atoms with E-state index in [4.69, 9.17) is 0 Å². The number of hydrogen-bond donors (Lipinski definition) is 2. The average molecular weight is 412 g/mol. The molecule has 0 aromatic heterocycles. The van der Waals surface area contributed by atoms with Gasteiger partial charge in [0.2, 0.25) is 5.91 Å².